The molecule has 7 N–H and O–H groups in total. The summed E-state index contributed by atoms with van der Waals surface area (Å²) in [5, 5.41) is 70.8. The quantitative estimate of drug-likeness (QED) is 0.0370. The van der Waals surface area contributed by atoms with Crippen molar-refractivity contribution in [3.63, 3.8) is 0 Å². The van der Waals surface area contributed by atoms with Gasteiger partial charge in [-0.05, 0) is 192 Å². The zero-order chi connectivity index (χ0) is 94.8. The van der Waals surface area contributed by atoms with E-state index in [0.29, 0.717) is 86.3 Å². The Balaban J connectivity index is 0.000000218. The summed E-state index contributed by atoms with van der Waals surface area (Å²) in [6.45, 7) is 17.2. The number of oxime groups is 3. The predicted molar refractivity (Wildman–Crippen MR) is 518 cm³/mol. The van der Waals surface area contributed by atoms with Gasteiger partial charge in [0.2, 0.25) is 0 Å². The monoisotopic (exact) mass is 1770 g/mol. The highest BCUT2D eigenvalue weighted by Crippen LogP contribution is 2.33. The van der Waals surface area contributed by atoms with E-state index in [4.69, 9.17) is 34.6 Å². The number of hydrogen-bond donors (Lipinski definition) is 7. The highest BCUT2D eigenvalue weighted by Gasteiger charge is 2.38. The first kappa shape index (κ1) is 104. The largest absolute Gasteiger partial charge is 0.400 e. The summed E-state index contributed by atoms with van der Waals surface area (Å²) in [6.07, 6.45) is 4.27. The van der Waals surface area contributed by atoms with E-state index in [9.17, 15) is 44.4 Å². The van der Waals surface area contributed by atoms with Crippen molar-refractivity contribution in [3.05, 3.63) is 298 Å². The van der Waals surface area contributed by atoms with Crippen molar-refractivity contribution in [2.75, 3.05) is 123 Å². The van der Waals surface area contributed by atoms with Gasteiger partial charge in [-0.1, -0.05) is 211 Å². The SMILES string of the molecule is CC.CN=C1C[C@@H](CO)N(C(=O)c2ccc(-c3ccccc3C)cc2)C1.CO.CO.CO.CO/N=C1/C[C@@H](CO)N(C(=O)c2ccc(-c3ccccc3C)cc2)C1.CO/N=C1/C[C@@H](CO)N(C(=O)c2ccc(-c3ccccc3C)cc2)C1.COC[C@@H]1C/C(=N/OC)CN1C(=O)c1ccc(-c2ccccc2C)cc1.Cc1ccccc1-c1ccc(C(=O)N2CCC[C@H]2CO)cc1. The number of hydrogen-bond acceptors (Lipinski definition) is 20. The van der Waals surface area contributed by atoms with Gasteiger partial charge in [0.1, 0.15) is 21.3 Å². The van der Waals surface area contributed by atoms with E-state index in [1.54, 1.807) is 33.8 Å². The van der Waals surface area contributed by atoms with Gasteiger partial charge in [0.15, 0.2) is 0 Å². The first-order valence-electron chi connectivity index (χ1n) is 43.6. The highest BCUT2D eigenvalue weighted by molar-refractivity contribution is 6.04. The van der Waals surface area contributed by atoms with Gasteiger partial charge in [-0.15, -0.1) is 0 Å². The summed E-state index contributed by atoms with van der Waals surface area (Å²) in [5.74, 6) is -0.241. The first-order valence-corrected chi connectivity index (χ1v) is 43.6. The molecule has 5 fully saturated rings. The maximum atomic E-state index is 13.0. The van der Waals surface area contributed by atoms with Crippen LogP contribution in [-0.4, -0.2) is 265 Å². The lowest BCUT2D eigenvalue weighted by Gasteiger charge is -2.23. The minimum Gasteiger partial charge on any atom is -0.400 e. The highest BCUT2D eigenvalue weighted by atomic mass is 16.6. The number of likely N-dealkylation sites (tertiary alicyclic amines) is 5. The molecule has 690 valence electrons. The number of aryl methyl sites for hydroxylation is 5. The van der Waals surface area contributed by atoms with Crippen molar-refractivity contribution >= 4 is 52.4 Å². The third kappa shape index (κ3) is 27.9. The molecular formula is C105H129N9O16. The fraction of sp³-hybridized carbons (Fsp3) is 0.343. The number of carbonyl (C=O) groups excluding carboxylic acids is 5. The summed E-state index contributed by atoms with van der Waals surface area (Å²) in [5.41, 5.74) is 24.0. The molecule has 15 rings (SSSR count). The maximum Gasteiger partial charge on any atom is 0.254 e. The number of aliphatic hydroxyl groups excluding tert-OH is 7. The molecule has 0 bridgehead atoms. The Morgan fingerprint density at radius 2 is 0.523 bits per heavy atom. The van der Waals surface area contributed by atoms with E-state index in [2.05, 4.69) is 116 Å². The average molecular weight is 1770 g/mol. The van der Waals surface area contributed by atoms with Crippen LogP contribution in [0.25, 0.3) is 55.6 Å². The predicted octanol–water partition coefficient (Wildman–Crippen LogP) is 15.3. The molecule has 130 heavy (non-hydrogen) atoms. The minimum atomic E-state index is -0.252. The number of rotatable bonds is 19. The van der Waals surface area contributed by atoms with Crippen LogP contribution in [0.2, 0.25) is 0 Å². The van der Waals surface area contributed by atoms with Crippen LogP contribution in [0.5, 0.6) is 0 Å². The van der Waals surface area contributed by atoms with Gasteiger partial charge in [-0.25, -0.2) is 0 Å². The molecule has 0 saturated carbocycles. The fourth-order valence-electron chi connectivity index (χ4n) is 16.2. The van der Waals surface area contributed by atoms with Crippen LogP contribution in [0.15, 0.2) is 263 Å². The zero-order valence-corrected chi connectivity index (χ0v) is 77.6. The standard InChI is InChI=1S/C21H24N2O3.2C20H22N2O3.C20H22N2O2.C19H21NO2.C2H6.3CH4O/c1-15-6-4-5-7-20(15)16-8-10-17(11-9-16)21(24)23-13-18(22-26-3)12-19(23)14-25-2;2*1-14-5-3-4-6-19(14)15-7-9-16(10-8-15)20(24)22-12-17(21-25-2)11-18(22)13-23;1-14-5-3-4-6-19(14)15-7-9-16(10-8-15)20(24)22-12-17(21-2)11-18(22)13-23;1-14-5-2-3-7-18(14)15-8-10-16(11-9-15)19(22)20-12-4-6-17(20)13-21;4*1-2/h4-11,19H,12-14H2,1-3H3;2*3-10,18,23H,11-13H2,1-2H3;3-10,18,23H,11-13H2,1-2H3;2-3,5,7-11,17,21H,4,6,12-13H2,1H3;1-2H3;3*2H,1H3/b22-18-;2*21-17-;;;;;;/t19-;3*18-;17-;;;;/m00000..../s1. The normalized spacial score (nSPS) is 17.5. The van der Waals surface area contributed by atoms with E-state index in [1.807, 2.05) is 201 Å². The Morgan fingerprint density at radius 1 is 0.308 bits per heavy atom. The minimum absolute atomic E-state index is 0.00955. The van der Waals surface area contributed by atoms with Crippen LogP contribution in [0.4, 0.5) is 0 Å². The smallest absolute Gasteiger partial charge is 0.254 e. The molecule has 5 aliphatic rings. The number of carbonyl (C=O) groups is 5. The molecule has 5 atom stereocenters. The van der Waals surface area contributed by atoms with Gasteiger partial charge in [-0.3, -0.25) is 29.0 Å². The van der Waals surface area contributed by atoms with Crippen LogP contribution in [0, 0.1) is 34.6 Å². The number of benzene rings is 10. The van der Waals surface area contributed by atoms with Crippen molar-refractivity contribution in [1.29, 1.82) is 0 Å². The molecule has 5 amide bonds. The zero-order valence-electron chi connectivity index (χ0n) is 77.6. The van der Waals surface area contributed by atoms with Gasteiger partial charge in [-0.2, -0.15) is 0 Å². The van der Waals surface area contributed by atoms with Crippen molar-refractivity contribution in [3.8, 4) is 55.6 Å². The third-order valence-electron chi connectivity index (χ3n) is 22.9. The molecule has 0 aromatic heterocycles. The molecule has 10 aromatic carbocycles. The Bertz CT molecular complexity index is 5200. The van der Waals surface area contributed by atoms with Gasteiger partial charge < -0.3 is 79.5 Å². The molecule has 0 unspecified atom stereocenters. The van der Waals surface area contributed by atoms with E-state index in [1.165, 1.54) is 65.8 Å². The van der Waals surface area contributed by atoms with Crippen molar-refractivity contribution < 1.29 is 79.0 Å². The lowest BCUT2D eigenvalue weighted by Crippen LogP contribution is -2.38. The topological polar surface area (TPSA) is 330 Å². The Kier molecular flexibility index (Phi) is 43.8. The van der Waals surface area contributed by atoms with E-state index >= 15 is 0 Å². The van der Waals surface area contributed by atoms with Crippen LogP contribution < -0.4 is 0 Å². The molecule has 5 saturated heterocycles. The Hall–Kier alpha value is -12.7. The Morgan fingerprint density at radius 3 is 0.746 bits per heavy atom. The van der Waals surface area contributed by atoms with Gasteiger partial charge in [0.05, 0.1) is 107 Å². The molecule has 0 aliphatic carbocycles. The van der Waals surface area contributed by atoms with Crippen LogP contribution >= 0.6 is 0 Å². The fourth-order valence-corrected chi connectivity index (χ4v) is 16.2. The Labute approximate surface area is 765 Å². The number of methoxy groups -OCH3 is 1. The second kappa shape index (κ2) is 54.6. The molecule has 0 radical (unpaired) electrons. The van der Waals surface area contributed by atoms with E-state index in [-0.39, 0.29) is 86.2 Å². The van der Waals surface area contributed by atoms with E-state index in [0.717, 1.165) is 103 Å². The van der Waals surface area contributed by atoms with Gasteiger partial charge in [0.25, 0.3) is 29.5 Å². The van der Waals surface area contributed by atoms with Crippen molar-refractivity contribution in [2.45, 2.75) is 117 Å². The van der Waals surface area contributed by atoms with Crippen molar-refractivity contribution in [2.24, 2.45) is 20.5 Å². The summed E-state index contributed by atoms with van der Waals surface area (Å²) in [4.78, 5) is 91.1. The summed E-state index contributed by atoms with van der Waals surface area (Å²) in [7, 11) is 10.9. The second-order valence-corrected chi connectivity index (χ2v) is 30.9. The lowest BCUT2D eigenvalue weighted by molar-refractivity contribution is 0.0630. The van der Waals surface area contributed by atoms with Crippen LogP contribution in [-0.2, 0) is 19.2 Å². The van der Waals surface area contributed by atoms with Crippen molar-refractivity contribution in [1.82, 2.24) is 24.5 Å². The number of amides is 5. The molecule has 25 heteroatoms. The average Bonchev–Trinajstić information content (AvgIpc) is 1.64. The second-order valence-electron chi connectivity index (χ2n) is 30.9. The molecule has 5 heterocycles. The third-order valence-corrected chi connectivity index (χ3v) is 22.9. The van der Waals surface area contributed by atoms with Gasteiger partial charge >= 0.3 is 0 Å². The maximum absolute atomic E-state index is 13.0. The lowest BCUT2D eigenvalue weighted by atomic mass is 9.99. The van der Waals surface area contributed by atoms with Gasteiger partial charge in [0, 0.05) is 101 Å². The summed E-state index contributed by atoms with van der Waals surface area (Å²) < 4.78 is 5.27. The molecule has 10 aromatic rings. The van der Waals surface area contributed by atoms with Crippen LogP contribution in [0.3, 0.4) is 0 Å². The molecule has 25 nitrogen and oxygen atoms in total. The number of nitrogens with zero attached hydrogens (tertiary/aromatic N) is 9. The number of aliphatic hydroxyl groups is 7. The molecule has 0 spiro atoms. The molecular weight excluding hydrogens is 1640 g/mol. The molecule has 5 aliphatic heterocycles. The summed E-state index contributed by atoms with van der Waals surface area (Å²) in [6, 6.07) is 78.7. The number of aliphatic imine (C=N–C) groups is 1. The van der Waals surface area contributed by atoms with Crippen LogP contribution in [0.1, 0.15) is 132 Å². The first-order chi connectivity index (χ1) is 63.2. The number of ether oxygens (including phenoxy) is 1. The summed E-state index contributed by atoms with van der Waals surface area (Å²) >= 11 is 0. The van der Waals surface area contributed by atoms with E-state index < -0.39 is 0 Å².